The molecule has 1 unspecified atom stereocenters. The molecular weight excluding hydrogens is 378 g/mol. The number of aryl methyl sites for hydroxylation is 1. The number of carbonyl (C=O) groups is 2. The molecule has 1 aromatic carbocycles. The van der Waals surface area contributed by atoms with Crippen LogP contribution in [0.25, 0.3) is 0 Å². The van der Waals surface area contributed by atoms with Crippen molar-refractivity contribution in [1.29, 1.82) is 5.26 Å². The zero-order chi connectivity index (χ0) is 20.1. The Balaban J connectivity index is 1.66. The lowest BCUT2D eigenvalue weighted by molar-refractivity contribution is -0.136. The fourth-order valence-electron chi connectivity index (χ4n) is 3.46. The van der Waals surface area contributed by atoms with E-state index < -0.39 is 11.8 Å². The number of benzene rings is 1. The van der Waals surface area contributed by atoms with Crippen LogP contribution < -0.4 is 10.6 Å². The van der Waals surface area contributed by atoms with Crippen LogP contribution in [0.2, 0.25) is 5.02 Å². The first-order valence-corrected chi connectivity index (χ1v) is 9.51. The highest BCUT2D eigenvalue weighted by atomic mass is 35.5. The van der Waals surface area contributed by atoms with Crippen molar-refractivity contribution in [3.05, 3.63) is 52.8 Å². The molecule has 1 atom stereocenters. The molecule has 0 radical (unpaired) electrons. The molecule has 146 valence electrons. The highest BCUT2D eigenvalue weighted by Gasteiger charge is 2.26. The molecule has 28 heavy (non-hydrogen) atoms. The molecule has 2 N–H and O–H groups in total. The van der Waals surface area contributed by atoms with Crippen molar-refractivity contribution in [2.75, 3.05) is 25.0 Å². The van der Waals surface area contributed by atoms with Crippen LogP contribution in [0.15, 0.2) is 36.5 Å². The summed E-state index contributed by atoms with van der Waals surface area (Å²) in [6.07, 6.45) is 4.22. The third-order valence-corrected chi connectivity index (χ3v) is 5.15. The molecule has 8 heteroatoms. The monoisotopic (exact) mass is 399 g/mol. The van der Waals surface area contributed by atoms with Crippen molar-refractivity contribution < 1.29 is 9.59 Å². The van der Waals surface area contributed by atoms with Gasteiger partial charge in [-0.25, -0.2) is 0 Å². The fourth-order valence-corrected chi connectivity index (χ4v) is 3.63. The third-order valence-electron chi connectivity index (χ3n) is 4.92. The number of hydrogen-bond acceptors (Lipinski definition) is 4. The summed E-state index contributed by atoms with van der Waals surface area (Å²) in [5, 5.41) is 14.7. The van der Waals surface area contributed by atoms with E-state index >= 15 is 0 Å². The van der Waals surface area contributed by atoms with E-state index in [1.165, 1.54) is 12.1 Å². The van der Waals surface area contributed by atoms with E-state index in [0.717, 1.165) is 31.6 Å². The second kappa shape index (κ2) is 8.91. The number of nitriles is 1. The zero-order valence-electron chi connectivity index (χ0n) is 15.6. The molecule has 1 saturated heterocycles. The first-order valence-electron chi connectivity index (χ1n) is 9.13. The standard InChI is InChI=1S/C20H22ClN5O2/c1-25-8-4-5-17(25)18(26-9-2-3-10-26)13-23-19(27)20(28)24-16-11-15(21)7-6-14(16)12-22/h4-8,11,18H,2-3,9-10,13H2,1H3,(H,23,27)(H,24,28). The van der Waals surface area contributed by atoms with E-state index in [1.807, 2.05) is 36.0 Å². The molecule has 2 amide bonds. The van der Waals surface area contributed by atoms with Gasteiger partial charge in [0.2, 0.25) is 0 Å². The molecule has 0 aliphatic carbocycles. The molecule has 3 rings (SSSR count). The summed E-state index contributed by atoms with van der Waals surface area (Å²) in [5.74, 6) is -1.58. The summed E-state index contributed by atoms with van der Waals surface area (Å²) in [7, 11) is 1.97. The van der Waals surface area contributed by atoms with Crippen molar-refractivity contribution in [3.8, 4) is 6.07 Å². The Morgan fingerprint density at radius 1 is 1.25 bits per heavy atom. The second-order valence-electron chi connectivity index (χ2n) is 6.77. The number of nitrogens with zero attached hydrogens (tertiary/aromatic N) is 3. The van der Waals surface area contributed by atoms with Gasteiger partial charge in [0.1, 0.15) is 6.07 Å². The molecule has 7 nitrogen and oxygen atoms in total. The molecule has 1 aromatic heterocycles. The SMILES string of the molecule is Cn1cccc1C(CNC(=O)C(=O)Nc1cc(Cl)ccc1C#N)N1CCCC1. The van der Waals surface area contributed by atoms with Crippen molar-refractivity contribution in [1.82, 2.24) is 14.8 Å². The molecular formula is C20H22ClN5O2. The molecule has 0 spiro atoms. The van der Waals surface area contributed by atoms with E-state index in [0.29, 0.717) is 11.6 Å². The van der Waals surface area contributed by atoms with Crippen LogP contribution in [0.5, 0.6) is 0 Å². The van der Waals surface area contributed by atoms with E-state index in [9.17, 15) is 9.59 Å². The van der Waals surface area contributed by atoms with Gasteiger partial charge in [-0.05, 0) is 56.3 Å². The van der Waals surface area contributed by atoms with Crippen LogP contribution in [-0.2, 0) is 16.6 Å². The lowest BCUT2D eigenvalue weighted by atomic mass is 10.1. The minimum atomic E-state index is -0.828. The Hall–Kier alpha value is -2.82. The third kappa shape index (κ3) is 4.53. The fraction of sp³-hybridized carbons (Fsp3) is 0.350. The quantitative estimate of drug-likeness (QED) is 0.755. The van der Waals surface area contributed by atoms with Crippen LogP contribution in [0, 0.1) is 11.3 Å². The second-order valence-corrected chi connectivity index (χ2v) is 7.21. The van der Waals surface area contributed by atoms with Crippen molar-refractivity contribution in [2.45, 2.75) is 18.9 Å². The lowest BCUT2D eigenvalue weighted by Crippen LogP contribution is -2.42. The summed E-state index contributed by atoms with van der Waals surface area (Å²) < 4.78 is 2.03. The van der Waals surface area contributed by atoms with Gasteiger partial charge in [-0.1, -0.05) is 11.6 Å². The van der Waals surface area contributed by atoms with E-state index in [1.54, 1.807) is 6.07 Å². The van der Waals surface area contributed by atoms with E-state index in [4.69, 9.17) is 16.9 Å². The van der Waals surface area contributed by atoms with Crippen LogP contribution in [-0.4, -0.2) is 40.9 Å². The first kappa shape index (κ1) is 19.9. The number of amides is 2. The number of nitrogens with one attached hydrogen (secondary N) is 2. The number of likely N-dealkylation sites (tertiary alicyclic amines) is 1. The molecule has 2 aromatic rings. The van der Waals surface area contributed by atoms with Gasteiger partial charge < -0.3 is 15.2 Å². The molecule has 0 bridgehead atoms. The van der Waals surface area contributed by atoms with Gasteiger partial charge in [-0.3, -0.25) is 14.5 Å². The van der Waals surface area contributed by atoms with Gasteiger partial charge in [0.25, 0.3) is 0 Å². The van der Waals surface area contributed by atoms with Crippen molar-refractivity contribution in [3.63, 3.8) is 0 Å². The van der Waals surface area contributed by atoms with Gasteiger partial charge in [0.05, 0.1) is 17.3 Å². The summed E-state index contributed by atoms with van der Waals surface area (Å²) >= 11 is 5.91. The summed E-state index contributed by atoms with van der Waals surface area (Å²) in [5.41, 5.74) is 1.54. The molecule has 1 aliphatic heterocycles. The Labute approximate surface area is 168 Å². The first-order chi connectivity index (χ1) is 13.5. The van der Waals surface area contributed by atoms with Crippen LogP contribution >= 0.6 is 11.6 Å². The summed E-state index contributed by atoms with van der Waals surface area (Å²) in [4.78, 5) is 26.9. The lowest BCUT2D eigenvalue weighted by Gasteiger charge is -2.28. The van der Waals surface area contributed by atoms with Gasteiger partial charge >= 0.3 is 11.8 Å². The average molecular weight is 400 g/mol. The number of anilines is 1. The zero-order valence-corrected chi connectivity index (χ0v) is 16.4. The minimum absolute atomic E-state index is 0.0000826. The average Bonchev–Trinajstić information content (AvgIpc) is 3.35. The largest absolute Gasteiger partial charge is 0.353 e. The van der Waals surface area contributed by atoms with Gasteiger partial charge in [-0.2, -0.15) is 5.26 Å². The highest BCUT2D eigenvalue weighted by molar-refractivity contribution is 6.40. The van der Waals surface area contributed by atoms with Crippen molar-refractivity contribution >= 4 is 29.1 Å². The maximum atomic E-state index is 12.3. The predicted molar refractivity (Wildman–Crippen MR) is 107 cm³/mol. The van der Waals surface area contributed by atoms with Gasteiger partial charge in [0, 0.05) is 30.5 Å². The summed E-state index contributed by atoms with van der Waals surface area (Å²) in [6, 6.07) is 10.5. The van der Waals surface area contributed by atoms with E-state index in [2.05, 4.69) is 15.5 Å². The topological polar surface area (TPSA) is 90.2 Å². The van der Waals surface area contributed by atoms with Crippen LogP contribution in [0.3, 0.4) is 0 Å². The molecule has 1 fully saturated rings. The normalized spacial score (nSPS) is 15.0. The Morgan fingerprint density at radius 3 is 2.64 bits per heavy atom. The number of halogens is 1. The maximum Gasteiger partial charge on any atom is 0.313 e. The van der Waals surface area contributed by atoms with Gasteiger partial charge in [-0.15, -0.1) is 0 Å². The Kier molecular flexibility index (Phi) is 6.34. The Morgan fingerprint density at radius 2 is 2.00 bits per heavy atom. The van der Waals surface area contributed by atoms with Crippen molar-refractivity contribution in [2.24, 2.45) is 7.05 Å². The van der Waals surface area contributed by atoms with Crippen LogP contribution in [0.1, 0.15) is 30.1 Å². The Bertz CT molecular complexity index is 912. The van der Waals surface area contributed by atoms with Gasteiger partial charge in [0.15, 0.2) is 0 Å². The maximum absolute atomic E-state index is 12.3. The number of carbonyl (C=O) groups excluding carboxylic acids is 2. The molecule has 0 saturated carbocycles. The minimum Gasteiger partial charge on any atom is -0.353 e. The number of rotatable bonds is 5. The molecule has 1 aliphatic rings. The summed E-state index contributed by atoms with van der Waals surface area (Å²) in [6.45, 7) is 2.25. The highest BCUT2D eigenvalue weighted by Crippen LogP contribution is 2.25. The van der Waals surface area contributed by atoms with E-state index in [-0.39, 0.29) is 17.3 Å². The molecule has 2 heterocycles. The smallest absolute Gasteiger partial charge is 0.313 e. The van der Waals surface area contributed by atoms with Crippen LogP contribution in [0.4, 0.5) is 5.69 Å². The predicted octanol–water partition coefficient (Wildman–Crippen LogP) is 2.44. The number of aromatic nitrogens is 1. The number of hydrogen-bond donors (Lipinski definition) is 2.